The molecular weight excluding hydrogens is 248 g/mol. The van der Waals surface area contributed by atoms with Gasteiger partial charge in [-0.05, 0) is 37.5 Å². The van der Waals surface area contributed by atoms with Crippen molar-refractivity contribution in [1.82, 2.24) is 10.6 Å². The first-order chi connectivity index (χ1) is 8.65. The lowest BCUT2D eigenvalue weighted by Gasteiger charge is -2.14. The molecule has 1 aliphatic rings. The van der Waals surface area contributed by atoms with Crippen LogP contribution in [0.2, 0.25) is 5.02 Å². The van der Waals surface area contributed by atoms with Crippen LogP contribution < -0.4 is 10.6 Å². The molecule has 0 aromatic heterocycles. The van der Waals surface area contributed by atoms with E-state index < -0.39 is 0 Å². The molecule has 1 saturated carbocycles. The molecule has 1 aromatic rings. The second-order valence-corrected chi connectivity index (χ2v) is 5.26. The van der Waals surface area contributed by atoms with Crippen LogP contribution in [0.3, 0.4) is 0 Å². The molecule has 0 spiro atoms. The predicted octanol–water partition coefficient (Wildman–Crippen LogP) is 2.66. The smallest absolute Gasteiger partial charge is 0.221 e. The van der Waals surface area contributed by atoms with Gasteiger partial charge in [0.15, 0.2) is 0 Å². The molecule has 2 N–H and O–H groups in total. The summed E-state index contributed by atoms with van der Waals surface area (Å²) in [6.45, 7) is 2.75. The topological polar surface area (TPSA) is 41.1 Å². The van der Waals surface area contributed by atoms with Crippen LogP contribution in [0.5, 0.6) is 0 Å². The maximum absolute atomic E-state index is 11.7. The van der Waals surface area contributed by atoms with E-state index in [1.54, 1.807) is 0 Å². The summed E-state index contributed by atoms with van der Waals surface area (Å²) >= 11 is 5.83. The SMILES string of the molecule is CC(NC(=O)CCNC1CC1)c1ccc(Cl)cc1. The first-order valence-electron chi connectivity index (χ1n) is 6.43. The minimum atomic E-state index is 0.0238. The van der Waals surface area contributed by atoms with Crippen molar-refractivity contribution < 1.29 is 4.79 Å². The lowest BCUT2D eigenvalue weighted by Crippen LogP contribution is -2.30. The fraction of sp³-hybridized carbons (Fsp3) is 0.500. The molecule has 1 aromatic carbocycles. The maximum Gasteiger partial charge on any atom is 0.221 e. The Balaban J connectivity index is 1.73. The highest BCUT2D eigenvalue weighted by Gasteiger charge is 2.20. The Morgan fingerprint density at radius 2 is 2.06 bits per heavy atom. The zero-order valence-electron chi connectivity index (χ0n) is 10.6. The molecule has 18 heavy (non-hydrogen) atoms. The summed E-state index contributed by atoms with van der Waals surface area (Å²) in [6, 6.07) is 8.25. The van der Waals surface area contributed by atoms with E-state index >= 15 is 0 Å². The molecule has 0 heterocycles. The van der Waals surface area contributed by atoms with Gasteiger partial charge in [-0.25, -0.2) is 0 Å². The normalized spacial score (nSPS) is 16.3. The zero-order chi connectivity index (χ0) is 13.0. The molecule has 0 saturated heterocycles. The number of hydrogen-bond acceptors (Lipinski definition) is 2. The van der Waals surface area contributed by atoms with Gasteiger partial charge in [-0.2, -0.15) is 0 Å². The Morgan fingerprint density at radius 3 is 2.67 bits per heavy atom. The van der Waals surface area contributed by atoms with E-state index in [-0.39, 0.29) is 11.9 Å². The molecule has 4 heteroatoms. The molecular formula is C14H19ClN2O. The summed E-state index contributed by atoms with van der Waals surface area (Å²) < 4.78 is 0. The van der Waals surface area contributed by atoms with E-state index in [0.29, 0.717) is 17.5 Å². The standard InChI is InChI=1S/C14H19ClN2O/c1-10(11-2-4-12(15)5-3-11)17-14(18)8-9-16-13-6-7-13/h2-5,10,13,16H,6-9H2,1H3,(H,17,18). The molecule has 1 atom stereocenters. The highest BCUT2D eigenvalue weighted by molar-refractivity contribution is 6.30. The molecule has 1 aliphatic carbocycles. The van der Waals surface area contributed by atoms with Gasteiger partial charge < -0.3 is 10.6 Å². The van der Waals surface area contributed by atoms with Crippen molar-refractivity contribution in [2.24, 2.45) is 0 Å². The fourth-order valence-electron chi connectivity index (χ4n) is 1.83. The monoisotopic (exact) mass is 266 g/mol. The Labute approximate surface area is 113 Å². The van der Waals surface area contributed by atoms with E-state index in [4.69, 9.17) is 11.6 Å². The summed E-state index contributed by atoms with van der Waals surface area (Å²) in [6.07, 6.45) is 3.04. The van der Waals surface area contributed by atoms with E-state index in [9.17, 15) is 4.79 Å². The van der Waals surface area contributed by atoms with Crippen LogP contribution in [0.4, 0.5) is 0 Å². The second kappa shape index (κ2) is 6.21. The van der Waals surface area contributed by atoms with E-state index in [0.717, 1.165) is 12.1 Å². The van der Waals surface area contributed by atoms with Gasteiger partial charge in [-0.3, -0.25) is 4.79 Å². The van der Waals surface area contributed by atoms with E-state index in [1.807, 2.05) is 31.2 Å². The lowest BCUT2D eigenvalue weighted by atomic mass is 10.1. The van der Waals surface area contributed by atoms with Gasteiger partial charge in [-0.15, -0.1) is 0 Å². The van der Waals surface area contributed by atoms with Crippen molar-refractivity contribution in [3.05, 3.63) is 34.9 Å². The molecule has 2 rings (SSSR count). The highest BCUT2D eigenvalue weighted by atomic mass is 35.5. The van der Waals surface area contributed by atoms with Crippen LogP contribution >= 0.6 is 11.6 Å². The minimum Gasteiger partial charge on any atom is -0.350 e. The Kier molecular flexibility index (Phi) is 4.61. The van der Waals surface area contributed by atoms with Crippen molar-refractivity contribution in [1.29, 1.82) is 0 Å². The average Bonchev–Trinajstić information content (AvgIpc) is 3.13. The summed E-state index contributed by atoms with van der Waals surface area (Å²) in [5.41, 5.74) is 1.07. The number of amides is 1. The third-order valence-electron chi connectivity index (χ3n) is 3.11. The van der Waals surface area contributed by atoms with Gasteiger partial charge in [-0.1, -0.05) is 23.7 Å². The highest BCUT2D eigenvalue weighted by Crippen LogP contribution is 2.18. The second-order valence-electron chi connectivity index (χ2n) is 4.82. The number of carbonyl (C=O) groups is 1. The Morgan fingerprint density at radius 1 is 1.39 bits per heavy atom. The average molecular weight is 267 g/mol. The first kappa shape index (κ1) is 13.4. The van der Waals surface area contributed by atoms with E-state index in [2.05, 4.69) is 10.6 Å². The van der Waals surface area contributed by atoms with Crippen molar-refractivity contribution in [3.63, 3.8) is 0 Å². The summed E-state index contributed by atoms with van der Waals surface area (Å²) in [4.78, 5) is 11.7. The molecule has 3 nitrogen and oxygen atoms in total. The van der Waals surface area contributed by atoms with Gasteiger partial charge in [0.2, 0.25) is 5.91 Å². The molecule has 0 bridgehead atoms. The van der Waals surface area contributed by atoms with E-state index in [1.165, 1.54) is 12.8 Å². The molecule has 0 aliphatic heterocycles. The van der Waals surface area contributed by atoms with Crippen LogP contribution in [0.15, 0.2) is 24.3 Å². The third-order valence-corrected chi connectivity index (χ3v) is 3.36. The van der Waals surface area contributed by atoms with Crippen molar-refractivity contribution >= 4 is 17.5 Å². The number of benzene rings is 1. The summed E-state index contributed by atoms with van der Waals surface area (Å²) in [5.74, 6) is 0.0885. The molecule has 1 fully saturated rings. The lowest BCUT2D eigenvalue weighted by molar-refractivity contribution is -0.121. The minimum absolute atomic E-state index is 0.0238. The predicted molar refractivity (Wildman–Crippen MR) is 73.7 cm³/mol. The maximum atomic E-state index is 11.7. The number of nitrogens with one attached hydrogen (secondary N) is 2. The first-order valence-corrected chi connectivity index (χ1v) is 6.81. The number of rotatable bonds is 6. The fourth-order valence-corrected chi connectivity index (χ4v) is 1.95. The molecule has 98 valence electrons. The van der Waals surface area contributed by atoms with Crippen molar-refractivity contribution in [2.75, 3.05) is 6.54 Å². The van der Waals surface area contributed by atoms with Crippen LogP contribution in [0.1, 0.15) is 37.8 Å². The Bertz CT molecular complexity index is 401. The van der Waals surface area contributed by atoms with Crippen LogP contribution in [0.25, 0.3) is 0 Å². The van der Waals surface area contributed by atoms with Crippen LogP contribution in [-0.2, 0) is 4.79 Å². The van der Waals surface area contributed by atoms with Crippen molar-refractivity contribution in [3.8, 4) is 0 Å². The van der Waals surface area contributed by atoms with Gasteiger partial charge in [0.05, 0.1) is 6.04 Å². The number of carbonyl (C=O) groups excluding carboxylic acids is 1. The summed E-state index contributed by atoms with van der Waals surface area (Å²) in [5, 5.41) is 7.03. The quantitative estimate of drug-likeness (QED) is 0.831. The summed E-state index contributed by atoms with van der Waals surface area (Å²) in [7, 11) is 0. The van der Waals surface area contributed by atoms with Gasteiger partial charge in [0.25, 0.3) is 0 Å². The third kappa shape index (κ3) is 4.31. The molecule has 0 radical (unpaired) electrons. The largest absolute Gasteiger partial charge is 0.350 e. The van der Waals surface area contributed by atoms with Gasteiger partial charge >= 0.3 is 0 Å². The van der Waals surface area contributed by atoms with Crippen molar-refractivity contribution in [2.45, 2.75) is 38.3 Å². The van der Waals surface area contributed by atoms with Gasteiger partial charge in [0.1, 0.15) is 0 Å². The van der Waals surface area contributed by atoms with Gasteiger partial charge in [0, 0.05) is 24.0 Å². The number of hydrogen-bond donors (Lipinski definition) is 2. The number of halogens is 1. The van der Waals surface area contributed by atoms with Crippen LogP contribution in [-0.4, -0.2) is 18.5 Å². The zero-order valence-corrected chi connectivity index (χ0v) is 11.3. The molecule has 1 unspecified atom stereocenters. The van der Waals surface area contributed by atoms with Crippen LogP contribution in [0, 0.1) is 0 Å². The molecule has 1 amide bonds. The Hall–Kier alpha value is -1.06.